The fourth-order valence-electron chi connectivity index (χ4n) is 3.87. The predicted octanol–water partition coefficient (Wildman–Crippen LogP) is -0.522. The average Bonchev–Trinajstić information content (AvgIpc) is 3.24. The lowest BCUT2D eigenvalue weighted by atomic mass is 10.0. The van der Waals surface area contributed by atoms with Crippen LogP contribution in [0.4, 0.5) is 0 Å². The molecule has 0 aliphatic rings. The summed E-state index contributed by atoms with van der Waals surface area (Å²) in [4.78, 5) is 64.3. The second-order valence-corrected chi connectivity index (χ2v) is 9.46. The van der Waals surface area contributed by atoms with Crippen molar-refractivity contribution in [3.05, 3.63) is 36.0 Å². The third-order valence-corrected chi connectivity index (χ3v) is 6.02. The van der Waals surface area contributed by atoms with Crippen LogP contribution in [-0.2, 0) is 30.4 Å². The van der Waals surface area contributed by atoms with Crippen molar-refractivity contribution in [2.45, 2.75) is 70.3 Å². The fourth-order valence-corrected chi connectivity index (χ4v) is 3.87. The van der Waals surface area contributed by atoms with Crippen molar-refractivity contribution in [1.82, 2.24) is 20.9 Å². The molecule has 9 N–H and O–H groups in total. The summed E-state index contributed by atoms with van der Waals surface area (Å²) in [5, 5.41) is 36.0. The molecule has 1 aromatic heterocycles. The first-order valence-electron chi connectivity index (χ1n) is 12.2. The summed E-state index contributed by atoms with van der Waals surface area (Å²) in [6.07, 6.45) is -0.241. The summed E-state index contributed by atoms with van der Waals surface area (Å²) in [6.45, 7) is 4.40. The number of rotatable bonds is 14. The Morgan fingerprint density at radius 1 is 0.921 bits per heavy atom. The van der Waals surface area contributed by atoms with Crippen molar-refractivity contribution in [3.63, 3.8) is 0 Å². The predicted molar refractivity (Wildman–Crippen MR) is 137 cm³/mol. The Kier molecular flexibility index (Phi) is 10.8. The highest BCUT2D eigenvalue weighted by Crippen LogP contribution is 2.19. The van der Waals surface area contributed by atoms with Crippen LogP contribution in [0.2, 0.25) is 0 Å². The van der Waals surface area contributed by atoms with E-state index >= 15 is 0 Å². The Bertz CT molecular complexity index is 1160. The molecule has 1 aromatic carbocycles. The number of benzene rings is 1. The van der Waals surface area contributed by atoms with Crippen LogP contribution in [0.15, 0.2) is 30.5 Å². The number of aliphatic hydroxyl groups is 1. The van der Waals surface area contributed by atoms with E-state index in [1.807, 2.05) is 24.3 Å². The molecule has 0 bridgehead atoms. The number of fused-ring (bicyclic) bond motifs is 1. The van der Waals surface area contributed by atoms with Crippen LogP contribution in [0.3, 0.4) is 0 Å². The van der Waals surface area contributed by atoms with Gasteiger partial charge in [-0.3, -0.25) is 19.2 Å². The molecule has 0 radical (unpaired) electrons. The van der Waals surface area contributed by atoms with E-state index in [9.17, 15) is 34.2 Å². The number of carbonyl (C=O) groups excluding carboxylic acids is 3. The van der Waals surface area contributed by atoms with E-state index in [4.69, 9.17) is 10.8 Å². The van der Waals surface area contributed by atoms with E-state index in [0.29, 0.717) is 0 Å². The van der Waals surface area contributed by atoms with Crippen LogP contribution in [0.25, 0.3) is 10.9 Å². The number of carboxylic acid groups (broad SMARTS) is 2. The number of aromatic amines is 1. The first-order chi connectivity index (χ1) is 17.8. The zero-order chi connectivity index (χ0) is 28.6. The Balaban J connectivity index is 2.14. The SMILES string of the molecule is CC(C)C(NC(=O)C(CCC(=O)O)NC(=O)C(N)Cc1c[nH]c2ccccc12)C(=O)NC(C(=O)O)C(C)O. The molecule has 38 heavy (non-hydrogen) atoms. The Morgan fingerprint density at radius 2 is 1.55 bits per heavy atom. The van der Waals surface area contributed by atoms with Crippen molar-refractivity contribution in [2.75, 3.05) is 0 Å². The molecule has 0 saturated heterocycles. The van der Waals surface area contributed by atoms with Crippen LogP contribution in [-0.4, -0.2) is 80.2 Å². The highest BCUT2D eigenvalue weighted by Gasteiger charge is 2.33. The summed E-state index contributed by atoms with van der Waals surface area (Å²) >= 11 is 0. The van der Waals surface area contributed by atoms with Gasteiger partial charge in [0, 0.05) is 23.5 Å². The number of hydrogen-bond acceptors (Lipinski definition) is 7. The number of aliphatic hydroxyl groups excluding tert-OH is 1. The first-order valence-corrected chi connectivity index (χ1v) is 12.2. The number of hydrogen-bond donors (Lipinski definition) is 8. The number of carboxylic acids is 2. The number of H-pyrrole nitrogens is 1. The van der Waals surface area contributed by atoms with Gasteiger partial charge in [0.25, 0.3) is 0 Å². The van der Waals surface area contributed by atoms with E-state index in [1.165, 1.54) is 6.92 Å². The number of amides is 3. The van der Waals surface area contributed by atoms with Crippen molar-refractivity contribution < 1.29 is 39.3 Å². The van der Waals surface area contributed by atoms with Gasteiger partial charge in [-0.1, -0.05) is 32.0 Å². The molecule has 5 atom stereocenters. The normalized spacial score (nSPS) is 15.2. The fraction of sp³-hybridized carbons (Fsp3) is 0.480. The molecular weight excluding hydrogens is 498 g/mol. The van der Waals surface area contributed by atoms with Gasteiger partial charge in [0.1, 0.15) is 12.1 Å². The van der Waals surface area contributed by atoms with E-state index in [-0.39, 0.29) is 12.8 Å². The molecule has 0 aliphatic heterocycles. The van der Waals surface area contributed by atoms with Gasteiger partial charge < -0.3 is 42.0 Å². The van der Waals surface area contributed by atoms with Crippen LogP contribution < -0.4 is 21.7 Å². The summed E-state index contributed by atoms with van der Waals surface area (Å²) in [7, 11) is 0. The zero-order valence-corrected chi connectivity index (χ0v) is 21.4. The van der Waals surface area contributed by atoms with E-state index < -0.39 is 72.3 Å². The van der Waals surface area contributed by atoms with Gasteiger partial charge in [-0.15, -0.1) is 0 Å². The molecule has 0 fully saturated rings. The van der Waals surface area contributed by atoms with Gasteiger partial charge in [-0.2, -0.15) is 0 Å². The maximum absolute atomic E-state index is 13.1. The number of aliphatic carboxylic acids is 2. The van der Waals surface area contributed by atoms with Gasteiger partial charge in [0.05, 0.1) is 12.1 Å². The number of carbonyl (C=O) groups is 5. The van der Waals surface area contributed by atoms with Crippen molar-refractivity contribution >= 4 is 40.6 Å². The maximum Gasteiger partial charge on any atom is 0.328 e. The second-order valence-electron chi connectivity index (χ2n) is 9.46. The Labute approximate surface area is 219 Å². The molecule has 3 amide bonds. The molecule has 5 unspecified atom stereocenters. The summed E-state index contributed by atoms with van der Waals surface area (Å²) in [6, 6.07) is 2.24. The Hall–Kier alpha value is -3.97. The average molecular weight is 534 g/mol. The Morgan fingerprint density at radius 3 is 2.13 bits per heavy atom. The molecular formula is C25H35N5O8. The standard InChI is InChI=1S/C25H35N5O8/c1-12(2)20(24(36)30-21(13(3)31)25(37)38)29-23(35)18(8-9-19(32)33)28-22(34)16(26)10-14-11-27-17-7-5-4-6-15(14)17/h4-7,11-13,16,18,20-21,27,31H,8-10,26H2,1-3H3,(H,28,34)(H,29,35)(H,30,36)(H,32,33)(H,37,38). The molecule has 0 saturated carbocycles. The van der Waals surface area contributed by atoms with E-state index in [1.54, 1.807) is 20.0 Å². The third-order valence-electron chi connectivity index (χ3n) is 6.02. The van der Waals surface area contributed by atoms with Crippen LogP contribution >= 0.6 is 0 Å². The number of nitrogens with one attached hydrogen (secondary N) is 4. The molecule has 13 heteroatoms. The van der Waals surface area contributed by atoms with E-state index in [2.05, 4.69) is 20.9 Å². The van der Waals surface area contributed by atoms with Crippen molar-refractivity contribution in [2.24, 2.45) is 11.7 Å². The van der Waals surface area contributed by atoms with Crippen LogP contribution in [0, 0.1) is 5.92 Å². The maximum atomic E-state index is 13.1. The molecule has 13 nitrogen and oxygen atoms in total. The second kappa shape index (κ2) is 13.5. The minimum absolute atomic E-state index is 0.149. The lowest BCUT2D eigenvalue weighted by Crippen LogP contribution is -2.59. The highest BCUT2D eigenvalue weighted by molar-refractivity contribution is 5.94. The van der Waals surface area contributed by atoms with Gasteiger partial charge in [0.2, 0.25) is 17.7 Å². The lowest BCUT2D eigenvalue weighted by molar-refractivity contribution is -0.145. The van der Waals surface area contributed by atoms with Gasteiger partial charge >= 0.3 is 11.9 Å². The zero-order valence-electron chi connectivity index (χ0n) is 21.4. The lowest BCUT2D eigenvalue weighted by Gasteiger charge is -2.27. The van der Waals surface area contributed by atoms with Gasteiger partial charge in [-0.05, 0) is 37.3 Å². The largest absolute Gasteiger partial charge is 0.481 e. The minimum Gasteiger partial charge on any atom is -0.481 e. The molecule has 0 aliphatic carbocycles. The van der Waals surface area contributed by atoms with Crippen LogP contribution in [0.1, 0.15) is 39.2 Å². The third kappa shape index (κ3) is 8.28. The van der Waals surface area contributed by atoms with Crippen LogP contribution in [0.5, 0.6) is 0 Å². The number of aromatic nitrogens is 1. The number of para-hydroxylation sites is 1. The van der Waals surface area contributed by atoms with E-state index in [0.717, 1.165) is 16.5 Å². The number of nitrogens with two attached hydrogens (primary N) is 1. The van der Waals surface area contributed by atoms with Crippen molar-refractivity contribution in [1.29, 1.82) is 0 Å². The van der Waals surface area contributed by atoms with Gasteiger partial charge in [-0.25, -0.2) is 4.79 Å². The highest BCUT2D eigenvalue weighted by atomic mass is 16.4. The molecule has 2 aromatic rings. The smallest absolute Gasteiger partial charge is 0.328 e. The quantitative estimate of drug-likeness (QED) is 0.156. The van der Waals surface area contributed by atoms with Gasteiger partial charge in [0.15, 0.2) is 6.04 Å². The topological polar surface area (TPSA) is 224 Å². The monoisotopic (exact) mass is 533 g/mol. The molecule has 2 rings (SSSR count). The minimum atomic E-state index is -1.61. The summed E-state index contributed by atoms with van der Waals surface area (Å²) < 4.78 is 0. The molecule has 0 spiro atoms. The first kappa shape index (κ1) is 30.3. The summed E-state index contributed by atoms with van der Waals surface area (Å²) in [5.41, 5.74) is 7.75. The molecule has 1 heterocycles. The molecule has 208 valence electrons. The summed E-state index contributed by atoms with van der Waals surface area (Å²) in [5.74, 6) is -5.55. The van der Waals surface area contributed by atoms with Crippen molar-refractivity contribution in [3.8, 4) is 0 Å².